The number of aliphatic carboxylic acids is 1. The van der Waals surface area contributed by atoms with Crippen LogP contribution in [0, 0.1) is 0 Å². The van der Waals surface area contributed by atoms with Crippen LogP contribution in [-0.2, 0) is 22.4 Å². The summed E-state index contributed by atoms with van der Waals surface area (Å²) in [4.78, 5) is 33.7. The number of hydrogen-bond donors (Lipinski definition) is 5. The zero-order valence-corrected chi connectivity index (χ0v) is 13.4. The third-order valence-corrected chi connectivity index (χ3v) is 4.03. The molecule has 6 N–H and O–H groups in total. The monoisotopic (exact) mass is 341 g/mol. The lowest BCUT2D eigenvalue weighted by Crippen LogP contribution is -2.50. The number of aromatic nitrogens is 3. The fourth-order valence-corrected chi connectivity index (χ4v) is 2.72. The Balaban J connectivity index is 1.68. The second-order valence-corrected chi connectivity index (χ2v) is 5.83. The van der Waals surface area contributed by atoms with Gasteiger partial charge in [-0.1, -0.05) is 18.2 Å². The lowest BCUT2D eigenvalue weighted by Gasteiger charge is -2.17. The minimum Gasteiger partial charge on any atom is -0.480 e. The largest absolute Gasteiger partial charge is 0.480 e. The van der Waals surface area contributed by atoms with Crippen LogP contribution < -0.4 is 11.1 Å². The van der Waals surface area contributed by atoms with Crippen LogP contribution in [0.1, 0.15) is 11.3 Å². The van der Waals surface area contributed by atoms with Crippen LogP contribution in [-0.4, -0.2) is 44.0 Å². The second kappa shape index (κ2) is 7.18. The Morgan fingerprint density at radius 2 is 2.04 bits per heavy atom. The lowest BCUT2D eigenvalue weighted by atomic mass is 10.0. The molecule has 8 heteroatoms. The number of aromatic amines is 2. The summed E-state index contributed by atoms with van der Waals surface area (Å²) in [5, 5.41) is 12.9. The zero-order valence-electron chi connectivity index (χ0n) is 13.4. The van der Waals surface area contributed by atoms with E-state index in [0.29, 0.717) is 5.69 Å². The van der Waals surface area contributed by atoms with Crippen molar-refractivity contribution in [3.8, 4) is 0 Å². The molecule has 0 bridgehead atoms. The molecule has 2 aromatic heterocycles. The zero-order chi connectivity index (χ0) is 17.8. The highest BCUT2D eigenvalue weighted by atomic mass is 16.4. The number of benzene rings is 1. The number of nitrogens with zero attached hydrogens (tertiary/aromatic N) is 1. The smallest absolute Gasteiger partial charge is 0.326 e. The number of para-hydroxylation sites is 1. The molecule has 0 aliphatic heterocycles. The van der Waals surface area contributed by atoms with Gasteiger partial charge in [0.2, 0.25) is 5.91 Å². The van der Waals surface area contributed by atoms with Gasteiger partial charge in [-0.25, -0.2) is 9.78 Å². The molecule has 1 aromatic carbocycles. The molecule has 2 heterocycles. The predicted octanol–water partition coefficient (Wildman–Crippen LogP) is 0.573. The SMILES string of the molecule is NC(Cc1c[nH]cn1)C(=O)N[C@@H](Cc1c[nH]c2ccccc12)C(=O)O. The predicted molar refractivity (Wildman–Crippen MR) is 91.8 cm³/mol. The number of rotatable bonds is 7. The first-order valence-corrected chi connectivity index (χ1v) is 7.86. The molecule has 0 spiro atoms. The third-order valence-electron chi connectivity index (χ3n) is 4.03. The maximum Gasteiger partial charge on any atom is 0.326 e. The first-order valence-electron chi connectivity index (χ1n) is 7.86. The van der Waals surface area contributed by atoms with E-state index in [0.717, 1.165) is 16.5 Å². The number of imidazole rings is 1. The Morgan fingerprint density at radius 3 is 2.76 bits per heavy atom. The average Bonchev–Trinajstić information content (AvgIpc) is 3.24. The van der Waals surface area contributed by atoms with E-state index >= 15 is 0 Å². The molecule has 3 aromatic rings. The summed E-state index contributed by atoms with van der Waals surface area (Å²) in [5.41, 5.74) is 8.24. The Kier molecular flexibility index (Phi) is 4.80. The highest BCUT2D eigenvalue weighted by molar-refractivity contribution is 5.88. The van der Waals surface area contributed by atoms with Crippen molar-refractivity contribution in [2.75, 3.05) is 0 Å². The molecule has 0 aliphatic carbocycles. The molecule has 25 heavy (non-hydrogen) atoms. The summed E-state index contributed by atoms with van der Waals surface area (Å²) in [5.74, 6) is -1.62. The molecule has 0 aliphatic rings. The molecule has 0 fully saturated rings. The molecule has 8 nitrogen and oxygen atoms in total. The highest BCUT2D eigenvalue weighted by Gasteiger charge is 2.25. The molecule has 3 rings (SSSR count). The summed E-state index contributed by atoms with van der Waals surface area (Å²) < 4.78 is 0. The van der Waals surface area contributed by atoms with Crippen molar-refractivity contribution in [3.63, 3.8) is 0 Å². The number of carboxylic acids is 1. The maximum atomic E-state index is 12.2. The summed E-state index contributed by atoms with van der Waals surface area (Å²) in [6.07, 6.45) is 5.30. The molecular weight excluding hydrogens is 322 g/mol. The van der Waals surface area contributed by atoms with Gasteiger partial charge in [-0.15, -0.1) is 0 Å². The standard InChI is InChI=1S/C17H19N5O3/c18-13(6-11-8-19-9-21-11)16(23)22-15(17(24)25)5-10-7-20-14-4-2-1-3-12(10)14/h1-4,7-9,13,15,20H,5-6,18H2,(H,19,21)(H,22,23)(H,24,25)/t13?,15-/m0/s1. The molecule has 1 unspecified atom stereocenters. The Morgan fingerprint density at radius 1 is 1.24 bits per heavy atom. The van der Waals surface area contributed by atoms with Gasteiger partial charge in [-0.3, -0.25) is 4.79 Å². The van der Waals surface area contributed by atoms with E-state index < -0.39 is 24.0 Å². The fraction of sp³-hybridized carbons (Fsp3) is 0.235. The van der Waals surface area contributed by atoms with Gasteiger partial charge < -0.3 is 26.1 Å². The minimum absolute atomic E-state index is 0.167. The maximum absolute atomic E-state index is 12.2. The van der Waals surface area contributed by atoms with Crippen LogP contribution in [0.4, 0.5) is 0 Å². The number of nitrogens with two attached hydrogens (primary N) is 1. The molecule has 0 saturated heterocycles. The van der Waals surface area contributed by atoms with Gasteiger partial charge in [0, 0.05) is 36.1 Å². The second-order valence-electron chi connectivity index (χ2n) is 5.83. The first kappa shape index (κ1) is 16.7. The van der Waals surface area contributed by atoms with E-state index in [2.05, 4.69) is 20.3 Å². The van der Waals surface area contributed by atoms with Gasteiger partial charge >= 0.3 is 5.97 Å². The topological polar surface area (TPSA) is 137 Å². The third kappa shape index (κ3) is 3.86. The van der Waals surface area contributed by atoms with Crippen molar-refractivity contribution in [1.82, 2.24) is 20.3 Å². The van der Waals surface area contributed by atoms with Crippen molar-refractivity contribution in [2.45, 2.75) is 24.9 Å². The van der Waals surface area contributed by atoms with Gasteiger partial charge in [0.15, 0.2) is 0 Å². The van der Waals surface area contributed by atoms with Crippen molar-refractivity contribution in [1.29, 1.82) is 0 Å². The Bertz CT molecular complexity index is 871. The van der Waals surface area contributed by atoms with Crippen molar-refractivity contribution in [3.05, 3.63) is 54.2 Å². The van der Waals surface area contributed by atoms with Gasteiger partial charge in [0.1, 0.15) is 6.04 Å². The van der Waals surface area contributed by atoms with Crippen LogP contribution in [0.3, 0.4) is 0 Å². The summed E-state index contributed by atoms with van der Waals surface area (Å²) in [7, 11) is 0. The Hall–Kier alpha value is -3.13. The van der Waals surface area contributed by atoms with E-state index in [1.165, 1.54) is 6.33 Å². The van der Waals surface area contributed by atoms with Crippen molar-refractivity contribution >= 4 is 22.8 Å². The van der Waals surface area contributed by atoms with Crippen LogP contribution in [0.2, 0.25) is 0 Å². The summed E-state index contributed by atoms with van der Waals surface area (Å²) in [6.45, 7) is 0. The summed E-state index contributed by atoms with van der Waals surface area (Å²) >= 11 is 0. The van der Waals surface area contributed by atoms with Crippen LogP contribution in [0.15, 0.2) is 43.0 Å². The van der Waals surface area contributed by atoms with Crippen LogP contribution >= 0.6 is 0 Å². The summed E-state index contributed by atoms with van der Waals surface area (Å²) in [6, 6.07) is 5.67. The number of nitrogens with one attached hydrogen (secondary N) is 3. The number of carbonyl (C=O) groups excluding carboxylic acids is 1. The van der Waals surface area contributed by atoms with Crippen molar-refractivity contribution < 1.29 is 14.7 Å². The number of carbonyl (C=O) groups is 2. The van der Waals surface area contributed by atoms with Gasteiger partial charge in [0.05, 0.1) is 18.1 Å². The molecule has 130 valence electrons. The van der Waals surface area contributed by atoms with E-state index in [-0.39, 0.29) is 12.8 Å². The molecular formula is C17H19N5O3. The van der Waals surface area contributed by atoms with E-state index in [1.54, 1.807) is 12.4 Å². The lowest BCUT2D eigenvalue weighted by molar-refractivity contribution is -0.141. The minimum atomic E-state index is -1.11. The molecule has 0 radical (unpaired) electrons. The first-order chi connectivity index (χ1) is 12.0. The normalized spacial score (nSPS) is 13.5. The highest BCUT2D eigenvalue weighted by Crippen LogP contribution is 2.19. The van der Waals surface area contributed by atoms with Crippen molar-refractivity contribution in [2.24, 2.45) is 5.73 Å². The van der Waals surface area contributed by atoms with Gasteiger partial charge in [-0.2, -0.15) is 0 Å². The van der Waals surface area contributed by atoms with E-state index in [1.807, 2.05) is 24.3 Å². The number of hydrogen-bond acceptors (Lipinski definition) is 4. The van der Waals surface area contributed by atoms with E-state index in [4.69, 9.17) is 5.73 Å². The number of amides is 1. The number of H-pyrrole nitrogens is 2. The fourth-order valence-electron chi connectivity index (χ4n) is 2.72. The van der Waals surface area contributed by atoms with Gasteiger partial charge in [0.25, 0.3) is 0 Å². The Labute approximate surface area is 143 Å². The van der Waals surface area contributed by atoms with E-state index in [9.17, 15) is 14.7 Å². The van der Waals surface area contributed by atoms with Crippen LogP contribution in [0.25, 0.3) is 10.9 Å². The average molecular weight is 341 g/mol. The molecule has 2 atom stereocenters. The molecule has 0 saturated carbocycles. The van der Waals surface area contributed by atoms with Gasteiger partial charge in [-0.05, 0) is 11.6 Å². The molecule has 1 amide bonds. The number of fused-ring (bicyclic) bond motifs is 1. The van der Waals surface area contributed by atoms with Crippen LogP contribution in [0.5, 0.6) is 0 Å². The quantitative estimate of drug-likeness (QED) is 0.428. The number of carboxylic acid groups (broad SMARTS) is 1.